The van der Waals surface area contributed by atoms with Crippen LogP contribution in [0.3, 0.4) is 0 Å². The average Bonchev–Trinajstić information content (AvgIpc) is 3.19. The first-order chi connectivity index (χ1) is 15.0. The van der Waals surface area contributed by atoms with Crippen LogP contribution in [0.4, 0.5) is 0 Å². The van der Waals surface area contributed by atoms with Crippen molar-refractivity contribution < 1.29 is 14.7 Å². The molecule has 0 spiro atoms. The fourth-order valence-electron chi connectivity index (χ4n) is 3.93. The molecule has 0 fully saturated rings. The van der Waals surface area contributed by atoms with E-state index in [2.05, 4.69) is 47.4 Å². The van der Waals surface area contributed by atoms with Gasteiger partial charge in [0.1, 0.15) is 12.4 Å². The van der Waals surface area contributed by atoms with E-state index in [1.165, 1.54) is 28.3 Å². The summed E-state index contributed by atoms with van der Waals surface area (Å²) < 4.78 is 0. The maximum Gasteiger partial charge on any atom is 0.181 e. The number of hydrogen-bond acceptors (Lipinski definition) is 4. The van der Waals surface area contributed by atoms with Gasteiger partial charge in [-0.3, -0.25) is 9.69 Å². The second kappa shape index (κ2) is 11.5. The summed E-state index contributed by atoms with van der Waals surface area (Å²) in [5.74, 6) is -0.0653. The predicted octanol–water partition coefficient (Wildman–Crippen LogP) is 4.46. The second-order valence-electron chi connectivity index (χ2n) is 8.12. The Bertz CT molecular complexity index is 957. The third-order valence-corrected chi connectivity index (χ3v) is 5.64. The molecule has 0 atom stereocenters. The normalized spacial score (nSPS) is 12.9. The molecule has 3 rings (SSSR count). The van der Waals surface area contributed by atoms with Crippen molar-refractivity contribution in [3.05, 3.63) is 82.9 Å². The van der Waals surface area contributed by atoms with Gasteiger partial charge in [-0.1, -0.05) is 60.7 Å². The second-order valence-corrected chi connectivity index (χ2v) is 8.12. The quantitative estimate of drug-likeness (QED) is 0.518. The summed E-state index contributed by atoms with van der Waals surface area (Å²) in [5.41, 5.74) is 6.33. The molecule has 1 aliphatic carbocycles. The first-order valence-electron chi connectivity index (χ1n) is 10.9. The third kappa shape index (κ3) is 7.12. The van der Waals surface area contributed by atoms with Gasteiger partial charge in [0.05, 0.1) is 0 Å². The van der Waals surface area contributed by atoms with Crippen molar-refractivity contribution in [2.24, 2.45) is 0 Å². The largest absolute Gasteiger partial charge is 0.388 e. The van der Waals surface area contributed by atoms with Gasteiger partial charge in [-0.15, -0.1) is 0 Å². The summed E-state index contributed by atoms with van der Waals surface area (Å²) >= 11 is 0. The molecular weight excluding hydrogens is 386 g/mol. The minimum atomic E-state index is -0.468. The van der Waals surface area contributed by atoms with Crippen molar-refractivity contribution in [1.82, 2.24) is 4.90 Å². The molecule has 0 aliphatic heterocycles. The minimum Gasteiger partial charge on any atom is -0.388 e. The number of nitrogens with zero attached hydrogens (tertiary/aromatic N) is 1. The molecule has 0 radical (unpaired) electrons. The highest BCUT2D eigenvalue weighted by molar-refractivity contribution is 5.94. The number of Topliss-reactive ketones (excluding diaryl/α,β-unsaturated/α-hetero) is 1. The molecule has 0 amide bonds. The Hall–Kier alpha value is -2.82. The summed E-state index contributed by atoms with van der Waals surface area (Å²) in [5, 5.41) is 8.81. The first-order valence-corrected chi connectivity index (χ1v) is 10.9. The SMILES string of the molecule is CC(=O)CCCN(CCC1=CCc2ccccc21)Cc1ccc(/C=C/C(=O)CO)cc1. The van der Waals surface area contributed by atoms with E-state index in [1.54, 1.807) is 13.0 Å². The molecule has 4 heteroatoms. The van der Waals surface area contributed by atoms with Crippen LogP contribution in [0.2, 0.25) is 0 Å². The molecule has 0 heterocycles. The molecule has 1 aliphatic rings. The Kier molecular flexibility index (Phi) is 8.51. The molecule has 0 saturated carbocycles. The van der Waals surface area contributed by atoms with E-state index in [9.17, 15) is 9.59 Å². The molecule has 4 nitrogen and oxygen atoms in total. The van der Waals surface area contributed by atoms with E-state index >= 15 is 0 Å². The van der Waals surface area contributed by atoms with Gasteiger partial charge in [0, 0.05) is 19.5 Å². The maximum absolute atomic E-state index is 11.4. The topological polar surface area (TPSA) is 57.6 Å². The molecule has 0 unspecified atom stereocenters. The van der Waals surface area contributed by atoms with E-state index < -0.39 is 6.61 Å². The van der Waals surface area contributed by atoms with Crippen molar-refractivity contribution in [2.75, 3.05) is 19.7 Å². The van der Waals surface area contributed by atoms with Gasteiger partial charge in [-0.2, -0.15) is 0 Å². The molecule has 2 aromatic carbocycles. The van der Waals surface area contributed by atoms with Gasteiger partial charge in [-0.25, -0.2) is 0 Å². The molecule has 31 heavy (non-hydrogen) atoms. The fourth-order valence-corrected chi connectivity index (χ4v) is 3.93. The lowest BCUT2D eigenvalue weighted by Crippen LogP contribution is -2.26. The Labute approximate surface area is 184 Å². The van der Waals surface area contributed by atoms with Crippen molar-refractivity contribution in [3.63, 3.8) is 0 Å². The zero-order valence-electron chi connectivity index (χ0n) is 18.2. The number of hydrogen-bond donors (Lipinski definition) is 1. The van der Waals surface area contributed by atoms with Gasteiger partial charge < -0.3 is 9.90 Å². The number of carbonyl (C=O) groups is 2. The van der Waals surface area contributed by atoms with Crippen molar-refractivity contribution in [1.29, 1.82) is 0 Å². The molecule has 0 bridgehead atoms. The highest BCUT2D eigenvalue weighted by atomic mass is 16.3. The van der Waals surface area contributed by atoms with Crippen molar-refractivity contribution in [2.45, 2.75) is 39.2 Å². The fraction of sp³-hybridized carbons (Fsp3) is 0.333. The van der Waals surface area contributed by atoms with Crippen LogP contribution < -0.4 is 0 Å². The van der Waals surface area contributed by atoms with Gasteiger partial charge in [0.15, 0.2) is 5.78 Å². The summed E-state index contributed by atoms with van der Waals surface area (Å²) in [6.07, 6.45) is 8.96. The Morgan fingerprint density at radius 2 is 1.84 bits per heavy atom. The lowest BCUT2D eigenvalue weighted by molar-refractivity contribution is -0.117. The molecular formula is C27H31NO3. The number of benzene rings is 2. The van der Waals surface area contributed by atoms with Crippen LogP contribution in [0.1, 0.15) is 48.4 Å². The number of fused-ring (bicyclic) bond motifs is 1. The van der Waals surface area contributed by atoms with E-state index in [1.807, 2.05) is 12.1 Å². The van der Waals surface area contributed by atoms with Gasteiger partial charge >= 0.3 is 0 Å². The number of ketones is 2. The Balaban J connectivity index is 1.61. The zero-order valence-corrected chi connectivity index (χ0v) is 18.2. The molecule has 162 valence electrons. The lowest BCUT2D eigenvalue weighted by Gasteiger charge is -2.23. The summed E-state index contributed by atoms with van der Waals surface area (Å²) in [6.45, 7) is 3.85. The predicted molar refractivity (Wildman–Crippen MR) is 126 cm³/mol. The van der Waals surface area contributed by atoms with Crippen LogP contribution in [0.25, 0.3) is 11.6 Å². The van der Waals surface area contributed by atoms with Crippen LogP contribution in [-0.2, 0) is 22.6 Å². The Morgan fingerprint density at radius 3 is 2.58 bits per heavy atom. The molecule has 2 aromatic rings. The maximum atomic E-state index is 11.4. The number of aliphatic hydroxyl groups is 1. The Morgan fingerprint density at radius 1 is 1.06 bits per heavy atom. The number of aliphatic hydroxyl groups excluding tert-OH is 1. The monoisotopic (exact) mass is 417 g/mol. The van der Waals surface area contributed by atoms with Gasteiger partial charge in [-0.05, 0) is 66.6 Å². The van der Waals surface area contributed by atoms with Crippen LogP contribution in [-0.4, -0.2) is 41.3 Å². The van der Waals surface area contributed by atoms with E-state index in [0.717, 1.165) is 44.5 Å². The smallest absolute Gasteiger partial charge is 0.181 e. The number of rotatable bonds is 12. The minimum absolute atomic E-state index is 0.237. The average molecular weight is 418 g/mol. The molecule has 1 N–H and O–H groups in total. The summed E-state index contributed by atoms with van der Waals surface area (Å²) in [4.78, 5) is 25.0. The zero-order chi connectivity index (χ0) is 22.1. The van der Waals surface area contributed by atoms with Crippen LogP contribution in [0.15, 0.2) is 60.7 Å². The number of allylic oxidation sites excluding steroid dienone is 1. The van der Waals surface area contributed by atoms with Crippen LogP contribution in [0.5, 0.6) is 0 Å². The first kappa shape index (κ1) is 22.9. The molecule has 0 aromatic heterocycles. The van der Waals surface area contributed by atoms with Gasteiger partial charge in [0.25, 0.3) is 0 Å². The summed E-state index contributed by atoms with van der Waals surface area (Å²) in [7, 11) is 0. The van der Waals surface area contributed by atoms with Gasteiger partial charge in [0.2, 0.25) is 0 Å². The van der Waals surface area contributed by atoms with Crippen LogP contribution in [0, 0.1) is 0 Å². The van der Waals surface area contributed by atoms with Crippen molar-refractivity contribution >= 4 is 23.2 Å². The van der Waals surface area contributed by atoms with E-state index in [4.69, 9.17) is 5.11 Å². The standard InChI is InChI=1S/C27H31NO3/c1-21(30)5-4-17-28(18-16-25-14-13-24-6-2-3-7-27(24)25)19-23-10-8-22(9-11-23)12-15-26(31)20-29/h2-3,6-12,14-15,29H,4-5,13,16-20H2,1H3/b15-12+. The van der Waals surface area contributed by atoms with Crippen molar-refractivity contribution in [3.8, 4) is 0 Å². The lowest BCUT2D eigenvalue weighted by atomic mass is 10.0. The summed E-state index contributed by atoms with van der Waals surface area (Å²) in [6, 6.07) is 16.7. The highest BCUT2D eigenvalue weighted by Gasteiger charge is 2.15. The number of carbonyl (C=O) groups excluding carboxylic acids is 2. The molecule has 0 saturated heterocycles. The van der Waals surface area contributed by atoms with E-state index in [0.29, 0.717) is 6.42 Å². The third-order valence-electron chi connectivity index (χ3n) is 5.64. The van der Waals surface area contributed by atoms with Crippen LogP contribution >= 0.6 is 0 Å². The van der Waals surface area contributed by atoms with E-state index in [-0.39, 0.29) is 11.6 Å². The highest BCUT2D eigenvalue weighted by Crippen LogP contribution is 2.29.